The van der Waals surface area contributed by atoms with Gasteiger partial charge >= 0.3 is 0 Å². The molecule has 1 saturated heterocycles. The summed E-state index contributed by atoms with van der Waals surface area (Å²) >= 11 is 0. The Bertz CT molecular complexity index is 526. The van der Waals surface area contributed by atoms with Gasteiger partial charge in [-0.2, -0.15) is 0 Å². The van der Waals surface area contributed by atoms with E-state index in [-0.39, 0.29) is 11.3 Å². The van der Waals surface area contributed by atoms with Crippen molar-refractivity contribution in [3.8, 4) is 5.75 Å². The predicted octanol–water partition coefficient (Wildman–Crippen LogP) is 2.77. The number of aryl methyl sites for hydroxylation is 1. The van der Waals surface area contributed by atoms with Crippen LogP contribution in [-0.4, -0.2) is 44.2 Å². The standard InChI is InChI=1S/C17H25NO3/c1-12-10-14(17(2,3)4)15(20-5)11-13(12)16(19)18-6-8-21-9-7-18/h10-11H,6-9H2,1-5H3. The molecule has 0 N–H and O–H groups in total. The summed E-state index contributed by atoms with van der Waals surface area (Å²) < 4.78 is 10.8. The number of hydrogen-bond donors (Lipinski definition) is 0. The smallest absolute Gasteiger partial charge is 0.254 e. The quantitative estimate of drug-likeness (QED) is 0.841. The molecule has 1 heterocycles. The maximum Gasteiger partial charge on any atom is 0.254 e. The summed E-state index contributed by atoms with van der Waals surface area (Å²) in [5.41, 5.74) is 2.83. The SMILES string of the molecule is COc1cc(C(=O)N2CCOCC2)c(C)cc1C(C)(C)C. The van der Waals surface area contributed by atoms with E-state index in [0.717, 1.165) is 22.4 Å². The van der Waals surface area contributed by atoms with Crippen LogP contribution in [-0.2, 0) is 10.2 Å². The van der Waals surface area contributed by atoms with E-state index in [1.807, 2.05) is 17.9 Å². The Balaban J connectivity index is 2.38. The number of rotatable bonds is 2. The van der Waals surface area contributed by atoms with Crippen LogP contribution in [0.5, 0.6) is 5.75 Å². The highest BCUT2D eigenvalue weighted by atomic mass is 16.5. The van der Waals surface area contributed by atoms with Gasteiger partial charge in [0.15, 0.2) is 0 Å². The van der Waals surface area contributed by atoms with Crippen molar-refractivity contribution < 1.29 is 14.3 Å². The predicted molar refractivity (Wildman–Crippen MR) is 83.2 cm³/mol. The van der Waals surface area contributed by atoms with Gasteiger partial charge in [-0.25, -0.2) is 0 Å². The Morgan fingerprint density at radius 1 is 1.24 bits per heavy atom. The van der Waals surface area contributed by atoms with Gasteiger partial charge in [0.1, 0.15) is 5.75 Å². The lowest BCUT2D eigenvalue weighted by Gasteiger charge is -2.29. The Hall–Kier alpha value is -1.55. The lowest BCUT2D eigenvalue weighted by molar-refractivity contribution is 0.0302. The van der Waals surface area contributed by atoms with Gasteiger partial charge in [0.2, 0.25) is 0 Å². The minimum Gasteiger partial charge on any atom is -0.496 e. The highest BCUT2D eigenvalue weighted by molar-refractivity contribution is 5.96. The fourth-order valence-electron chi connectivity index (χ4n) is 2.61. The molecule has 0 spiro atoms. The van der Waals surface area contributed by atoms with E-state index in [1.54, 1.807) is 7.11 Å². The van der Waals surface area contributed by atoms with Crippen LogP contribution in [0.4, 0.5) is 0 Å². The summed E-state index contributed by atoms with van der Waals surface area (Å²) in [6.07, 6.45) is 0. The van der Waals surface area contributed by atoms with Gasteiger partial charge in [-0.3, -0.25) is 4.79 Å². The number of benzene rings is 1. The highest BCUT2D eigenvalue weighted by Gasteiger charge is 2.25. The van der Waals surface area contributed by atoms with Crippen LogP contribution in [0.1, 0.15) is 42.3 Å². The number of carbonyl (C=O) groups is 1. The molecule has 0 atom stereocenters. The van der Waals surface area contributed by atoms with Crippen LogP contribution in [0, 0.1) is 6.92 Å². The van der Waals surface area contributed by atoms with Crippen LogP contribution in [0.15, 0.2) is 12.1 Å². The zero-order valence-electron chi connectivity index (χ0n) is 13.7. The molecule has 116 valence electrons. The van der Waals surface area contributed by atoms with E-state index in [0.29, 0.717) is 26.3 Å². The molecule has 0 saturated carbocycles. The first-order valence-electron chi connectivity index (χ1n) is 7.40. The fraction of sp³-hybridized carbons (Fsp3) is 0.588. The Kier molecular flexibility index (Phi) is 4.57. The van der Waals surface area contributed by atoms with Crippen LogP contribution in [0.2, 0.25) is 0 Å². The van der Waals surface area contributed by atoms with Crippen molar-refractivity contribution in [3.63, 3.8) is 0 Å². The minimum absolute atomic E-state index is 0.0172. The monoisotopic (exact) mass is 291 g/mol. The third-order valence-electron chi connectivity index (χ3n) is 3.88. The van der Waals surface area contributed by atoms with E-state index >= 15 is 0 Å². The van der Waals surface area contributed by atoms with Gasteiger partial charge in [-0.05, 0) is 29.5 Å². The Morgan fingerprint density at radius 2 is 1.86 bits per heavy atom. The molecule has 1 aliphatic heterocycles. The van der Waals surface area contributed by atoms with Crippen molar-refractivity contribution in [2.24, 2.45) is 0 Å². The molecule has 0 aromatic heterocycles. The third kappa shape index (κ3) is 3.38. The third-order valence-corrected chi connectivity index (χ3v) is 3.88. The topological polar surface area (TPSA) is 38.8 Å². The van der Waals surface area contributed by atoms with Gasteiger partial charge in [0, 0.05) is 18.7 Å². The molecule has 1 aromatic rings. The highest BCUT2D eigenvalue weighted by Crippen LogP contribution is 2.34. The second-order valence-corrected chi connectivity index (χ2v) is 6.52. The maximum absolute atomic E-state index is 12.7. The fourth-order valence-corrected chi connectivity index (χ4v) is 2.61. The van der Waals surface area contributed by atoms with Crippen molar-refractivity contribution >= 4 is 5.91 Å². The van der Waals surface area contributed by atoms with Gasteiger partial charge in [-0.1, -0.05) is 26.8 Å². The van der Waals surface area contributed by atoms with Crippen molar-refractivity contribution in [2.45, 2.75) is 33.1 Å². The number of amides is 1. The molecular formula is C17H25NO3. The molecule has 1 aliphatic rings. The molecule has 0 bridgehead atoms. The summed E-state index contributed by atoms with van der Waals surface area (Å²) in [5, 5.41) is 0. The normalized spacial score (nSPS) is 16.0. The van der Waals surface area contributed by atoms with Gasteiger partial charge in [0.25, 0.3) is 5.91 Å². The average molecular weight is 291 g/mol. The van der Waals surface area contributed by atoms with Crippen LogP contribution in [0.3, 0.4) is 0 Å². The van der Waals surface area contributed by atoms with Gasteiger partial charge < -0.3 is 14.4 Å². The largest absolute Gasteiger partial charge is 0.496 e. The first-order valence-corrected chi connectivity index (χ1v) is 7.40. The van der Waals surface area contributed by atoms with Crippen molar-refractivity contribution in [3.05, 3.63) is 28.8 Å². The van der Waals surface area contributed by atoms with Crippen LogP contribution < -0.4 is 4.74 Å². The molecule has 2 rings (SSSR count). The summed E-state index contributed by atoms with van der Waals surface area (Å²) in [4.78, 5) is 14.5. The van der Waals surface area contributed by atoms with Crippen LogP contribution >= 0.6 is 0 Å². The van der Waals surface area contributed by atoms with E-state index in [1.165, 1.54) is 0 Å². The number of morpholine rings is 1. The molecule has 1 fully saturated rings. The molecule has 0 radical (unpaired) electrons. The van der Waals surface area contributed by atoms with E-state index < -0.39 is 0 Å². The number of hydrogen-bond acceptors (Lipinski definition) is 3. The lowest BCUT2D eigenvalue weighted by Crippen LogP contribution is -2.41. The lowest BCUT2D eigenvalue weighted by atomic mass is 9.84. The number of nitrogens with zero attached hydrogens (tertiary/aromatic N) is 1. The Morgan fingerprint density at radius 3 is 2.38 bits per heavy atom. The van der Waals surface area contributed by atoms with Gasteiger partial charge in [-0.15, -0.1) is 0 Å². The van der Waals surface area contributed by atoms with Gasteiger partial charge in [0.05, 0.1) is 20.3 Å². The average Bonchev–Trinajstić information content (AvgIpc) is 2.46. The summed E-state index contributed by atoms with van der Waals surface area (Å²) in [7, 11) is 1.66. The number of carbonyl (C=O) groups excluding carboxylic acids is 1. The maximum atomic E-state index is 12.7. The second-order valence-electron chi connectivity index (χ2n) is 6.52. The van der Waals surface area contributed by atoms with Crippen molar-refractivity contribution in [2.75, 3.05) is 33.4 Å². The summed E-state index contributed by atoms with van der Waals surface area (Å²) in [6.45, 7) is 11.0. The zero-order valence-corrected chi connectivity index (χ0v) is 13.7. The molecule has 4 heteroatoms. The molecule has 0 aliphatic carbocycles. The number of ether oxygens (including phenoxy) is 2. The molecule has 21 heavy (non-hydrogen) atoms. The first-order chi connectivity index (χ1) is 9.84. The van der Waals surface area contributed by atoms with Crippen LogP contribution in [0.25, 0.3) is 0 Å². The molecule has 4 nitrogen and oxygen atoms in total. The van der Waals surface area contributed by atoms with Crippen molar-refractivity contribution in [1.82, 2.24) is 4.90 Å². The second kappa shape index (κ2) is 6.06. The van der Waals surface area contributed by atoms with E-state index in [2.05, 4.69) is 26.8 Å². The zero-order chi connectivity index (χ0) is 15.6. The first kappa shape index (κ1) is 15.8. The minimum atomic E-state index is -0.0172. The summed E-state index contributed by atoms with van der Waals surface area (Å²) in [6, 6.07) is 3.96. The Labute approximate surface area is 127 Å². The van der Waals surface area contributed by atoms with Crippen molar-refractivity contribution in [1.29, 1.82) is 0 Å². The molecule has 1 amide bonds. The molecular weight excluding hydrogens is 266 g/mol. The molecule has 1 aromatic carbocycles. The number of methoxy groups -OCH3 is 1. The summed E-state index contributed by atoms with van der Waals surface area (Å²) in [5.74, 6) is 0.847. The molecule has 0 unspecified atom stereocenters. The van der Waals surface area contributed by atoms with E-state index in [9.17, 15) is 4.79 Å². The van der Waals surface area contributed by atoms with E-state index in [4.69, 9.17) is 9.47 Å².